The van der Waals surface area contributed by atoms with Crippen LogP contribution in [-0.4, -0.2) is 63.5 Å². The van der Waals surface area contributed by atoms with Crippen molar-refractivity contribution in [1.29, 1.82) is 0 Å². The first kappa shape index (κ1) is 75.0. The molecule has 0 spiro atoms. The van der Waals surface area contributed by atoms with Crippen LogP contribution in [0.5, 0.6) is 0 Å². The third-order valence-corrected chi connectivity index (χ3v) is 13.6. The van der Waals surface area contributed by atoms with Gasteiger partial charge in [0, 0.05) is 11.8 Å². The smallest absolute Gasteiger partial charge is 0.306 e. The van der Waals surface area contributed by atoms with E-state index >= 15 is 0 Å². The molecule has 0 amide bonds. The minimum atomic E-state index is -0.695. The van der Waals surface area contributed by atoms with Crippen molar-refractivity contribution in [3.8, 4) is 0 Å². The lowest BCUT2D eigenvalue weighted by atomic mass is 9.95. The Bertz CT molecular complexity index is 1050. The van der Waals surface area contributed by atoms with E-state index in [-0.39, 0.29) is 29.6 Å². The molecule has 0 aromatic rings. The highest BCUT2D eigenvalue weighted by atomic mass is 32.2. The van der Waals surface area contributed by atoms with E-state index in [1.807, 2.05) is 13.8 Å². The largest absolute Gasteiger partial charge is 0.481 e. The Balaban J connectivity index is -0.000000247. The lowest BCUT2D eigenvalue weighted by Crippen LogP contribution is -2.25. The molecule has 9 nitrogen and oxygen atoms in total. The van der Waals surface area contributed by atoms with Crippen molar-refractivity contribution >= 4 is 41.1 Å². The second kappa shape index (κ2) is 59.4. The summed E-state index contributed by atoms with van der Waals surface area (Å²) < 4.78 is 0. The Hall–Kier alpha value is -1.94. The molecule has 0 aliphatic rings. The zero-order valence-electron chi connectivity index (χ0n) is 47.2. The first-order valence-electron chi connectivity index (χ1n) is 28.4. The van der Waals surface area contributed by atoms with Crippen molar-refractivity contribution < 1.29 is 39.3 Å². The Labute approximate surface area is 426 Å². The molecule has 0 aliphatic heterocycles. The van der Waals surface area contributed by atoms with Crippen LogP contribution in [-0.2, 0) is 24.0 Å². The number of carboxylic acid groups (broad SMARTS) is 3. The zero-order chi connectivity index (χ0) is 52.8. The summed E-state index contributed by atoms with van der Waals surface area (Å²) >= 11 is 1.46. The molecule has 10 heteroatoms. The first-order chi connectivity index (χ1) is 32.4. The van der Waals surface area contributed by atoms with Crippen molar-refractivity contribution in [3.05, 3.63) is 0 Å². The lowest BCUT2D eigenvalue weighted by molar-refractivity contribution is -0.142. The number of rotatable bonds is 41. The van der Waals surface area contributed by atoms with Gasteiger partial charge in [0.25, 0.3) is 0 Å². The zero-order valence-corrected chi connectivity index (χ0v) is 48.1. The molecule has 0 saturated heterocycles. The minimum Gasteiger partial charge on any atom is -0.481 e. The summed E-state index contributed by atoms with van der Waals surface area (Å²) in [6, 6.07) is 0. The first-order valence-corrected chi connectivity index (χ1v) is 29.4. The van der Waals surface area contributed by atoms with Crippen LogP contribution in [0.1, 0.15) is 283 Å². The van der Waals surface area contributed by atoms with Crippen LogP contribution < -0.4 is 5.32 Å². The van der Waals surface area contributed by atoms with Gasteiger partial charge in [-0.15, -0.1) is 0 Å². The van der Waals surface area contributed by atoms with Crippen molar-refractivity contribution in [3.63, 3.8) is 0 Å². The van der Waals surface area contributed by atoms with Gasteiger partial charge in [0.15, 0.2) is 5.12 Å². The molecular formula is C58H117NO8S. The van der Waals surface area contributed by atoms with Crippen LogP contribution in [0.15, 0.2) is 0 Å². The highest BCUT2D eigenvalue weighted by Crippen LogP contribution is 2.20. The highest BCUT2D eigenvalue weighted by Gasteiger charge is 2.13. The van der Waals surface area contributed by atoms with Gasteiger partial charge in [0.05, 0.1) is 17.8 Å². The summed E-state index contributed by atoms with van der Waals surface area (Å²) in [5.74, 6) is 0.387. The van der Waals surface area contributed by atoms with Gasteiger partial charge < -0.3 is 25.4 Å². The van der Waals surface area contributed by atoms with Crippen molar-refractivity contribution in [2.24, 2.45) is 41.4 Å². The average Bonchev–Trinajstić information content (AvgIpc) is 3.31. The monoisotopic (exact) mass is 988 g/mol. The number of thioether (sulfide) groups is 1. The van der Waals surface area contributed by atoms with Gasteiger partial charge in [-0.05, 0) is 69.2 Å². The van der Waals surface area contributed by atoms with Gasteiger partial charge >= 0.3 is 17.9 Å². The molecule has 0 heterocycles. The number of aliphatic carboxylic acids is 3. The third kappa shape index (κ3) is 64.1. The van der Waals surface area contributed by atoms with Crippen LogP contribution in [0.25, 0.3) is 0 Å². The maximum Gasteiger partial charge on any atom is 0.306 e. The Morgan fingerprint density at radius 1 is 0.412 bits per heavy atom. The second-order valence-corrected chi connectivity index (χ2v) is 21.5. The fourth-order valence-electron chi connectivity index (χ4n) is 7.18. The highest BCUT2D eigenvalue weighted by molar-refractivity contribution is 8.13. The number of carbonyl (C=O) groups excluding carboxylic acids is 2. The number of aldehydes is 1. The molecule has 0 radical (unpaired) electrons. The molecule has 0 aliphatic carbocycles. The van der Waals surface area contributed by atoms with Gasteiger partial charge in [0.2, 0.25) is 0 Å². The van der Waals surface area contributed by atoms with E-state index in [1.165, 1.54) is 159 Å². The normalized spacial score (nSPS) is 13.7. The number of carboxylic acids is 3. The summed E-state index contributed by atoms with van der Waals surface area (Å²) in [7, 11) is 0. The number of nitrogens with one attached hydrogen (secondary N) is 1. The molecule has 4 N–H and O–H groups in total. The number of hydrogen-bond acceptors (Lipinski definition) is 7. The van der Waals surface area contributed by atoms with E-state index in [0.717, 1.165) is 76.0 Å². The molecule has 68 heavy (non-hydrogen) atoms. The molecule has 0 aromatic heterocycles. The predicted octanol–water partition coefficient (Wildman–Crippen LogP) is 17.5. The van der Waals surface area contributed by atoms with Crippen molar-refractivity contribution in [1.82, 2.24) is 5.32 Å². The Kier molecular flexibility index (Phi) is 65.5. The maximum absolute atomic E-state index is 11.4. The number of hydrogen-bond donors (Lipinski definition) is 4. The molecular weight excluding hydrogens is 871 g/mol. The van der Waals surface area contributed by atoms with Crippen molar-refractivity contribution in [2.45, 2.75) is 283 Å². The molecule has 0 rings (SSSR count). The standard InChI is InChI=1S/C15H30O2.C14H29NO2.C11H22OS.C9H18O2.C9H18O/c1-4-5-6-7-10-13(2)11-8-9-12-14(3)15(16)17;1-4-5-6-7-8-12(2)11-15-10-9-13(3)14(16)17;1-4-6-7-8-9-10(3)11(12)13-5-2;1-3-4-5-6-7-8(2)9(10)11;1-3-4-5-6-7-9(2)8-10/h13-14H,4-12H2,1-3H3,(H,16,17);12-13,15H,4-11H2,1-3H3,(H,16,17);10H,4-9H2,1-3H3;8H,3-7H2,1-2H3,(H,10,11);8-9H,3-7H2,1-2H3/t13-,14-;12-,13-;10-;8-;9-/m00000/s1. The van der Waals surface area contributed by atoms with Gasteiger partial charge in [0.1, 0.15) is 6.29 Å². The van der Waals surface area contributed by atoms with Crippen molar-refractivity contribution in [2.75, 3.05) is 18.8 Å². The van der Waals surface area contributed by atoms with Gasteiger partial charge in [-0.2, -0.15) is 0 Å². The van der Waals surface area contributed by atoms with E-state index in [4.69, 9.17) is 15.3 Å². The average molecular weight is 989 g/mol. The summed E-state index contributed by atoms with van der Waals surface area (Å²) in [5.41, 5.74) is 0. The number of unbranched alkanes of at least 4 members (excludes halogenated alkanes) is 16. The Morgan fingerprint density at radius 2 is 0.721 bits per heavy atom. The fraction of sp³-hybridized carbons (Fsp3) is 0.914. The fourth-order valence-corrected chi connectivity index (χ4v) is 7.87. The molecule has 0 fully saturated rings. The van der Waals surface area contributed by atoms with Gasteiger partial charge in [-0.1, -0.05) is 256 Å². The molecule has 0 bridgehead atoms. The third-order valence-electron chi connectivity index (χ3n) is 12.6. The van der Waals surface area contributed by atoms with E-state index in [9.17, 15) is 24.0 Å². The molecule has 0 unspecified atom stereocenters. The summed E-state index contributed by atoms with van der Waals surface area (Å²) in [5, 5.41) is 29.7. The lowest BCUT2D eigenvalue weighted by Gasteiger charge is -2.13. The van der Waals surface area contributed by atoms with E-state index in [2.05, 4.69) is 60.7 Å². The Morgan fingerprint density at radius 3 is 1.07 bits per heavy atom. The quantitative estimate of drug-likeness (QED) is 0.0343. The van der Waals surface area contributed by atoms with Gasteiger partial charge in [-0.3, -0.25) is 19.2 Å². The maximum atomic E-state index is 11.4. The second-order valence-electron chi connectivity index (χ2n) is 20.2. The van der Waals surface area contributed by atoms with Crippen LogP contribution in [0.2, 0.25) is 0 Å². The van der Waals surface area contributed by atoms with E-state index < -0.39 is 17.9 Å². The molecule has 0 aromatic carbocycles. The summed E-state index contributed by atoms with van der Waals surface area (Å²) in [4.78, 5) is 53.1. The van der Waals surface area contributed by atoms with Crippen LogP contribution in [0, 0.1) is 41.4 Å². The molecule has 7 atom stereocenters. The SMILES string of the molecule is CCCCCC[C@H](C)C(=O)O.CCCCCC[C@H](C)C(=O)SCC.CCCCCC[C@H](C)C=O.CCCCCC[C@H](C)CCCC[C@H](C)C(=O)O.CCCCCC[C@H](C)CNCC[C@H](C)C(=O)O. The number of carbonyl (C=O) groups is 5. The topological polar surface area (TPSA) is 158 Å². The van der Waals surface area contributed by atoms with Crippen LogP contribution >= 0.6 is 11.8 Å². The van der Waals surface area contributed by atoms with E-state index in [1.54, 1.807) is 20.8 Å². The van der Waals surface area contributed by atoms with Crippen LogP contribution in [0.4, 0.5) is 0 Å². The minimum absolute atomic E-state index is 0.160. The summed E-state index contributed by atoms with van der Waals surface area (Å²) in [6.07, 6.45) is 37.2. The summed E-state index contributed by atoms with van der Waals surface area (Å²) in [6.45, 7) is 28.9. The predicted molar refractivity (Wildman–Crippen MR) is 296 cm³/mol. The van der Waals surface area contributed by atoms with Crippen LogP contribution in [0.3, 0.4) is 0 Å². The van der Waals surface area contributed by atoms with E-state index in [0.29, 0.717) is 11.0 Å². The van der Waals surface area contributed by atoms with Gasteiger partial charge in [-0.25, -0.2) is 0 Å². The molecule has 408 valence electrons. The molecule has 0 saturated carbocycles.